The normalized spacial score (nSPS) is 20.2. The van der Waals surface area contributed by atoms with Gasteiger partial charge in [-0.2, -0.15) is 0 Å². The van der Waals surface area contributed by atoms with Crippen LogP contribution in [0, 0.1) is 0 Å². The van der Waals surface area contributed by atoms with Gasteiger partial charge in [-0.1, -0.05) is 32.6 Å². The molecule has 3 heteroatoms. The van der Waals surface area contributed by atoms with E-state index < -0.39 is 0 Å². The maximum Gasteiger partial charge on any atom is 0.0806 e. The maximum absolute atomic E-state index is 6.35. The van der Waals surface area contributed by atoms with Gasteiger partial charge in [0.15, 0.2) is 0 Å². The zero-order valence-electron chi connectivity index (χ0n) is 13.4. The molecule has 1 rings (SSSR count). The molecule has 1 N–H and O–H groups in total. The number of rotatable bonds is 8. The highest BCUT2D eigenvalue weighted by molar-refractivity contribution is 4.86. The van der Waals surface area contributed by atoms with Crippen LogP contribution in [-0.2, 0) is 9.47 Å². The van der Waals surface area contributed by atoms with Crippen LogP contribution in [0.3, 0.4) is 0 Å². The van der Waals surface area contributed by atoms with Gasteiger partial charge in [0.05, 0.1) is 17.8 Å². The first kappa shape index (κ1) is 16.9. The van der Waals surface area contributed by atoms with Crippen LogP contribution in [0.1, 0.15) is 65.7 Å². The van der Waals surface area contributed by atoms with E-state index in [4.69, 9.17) is 9.47 Å². The highest BCUT2D eigenvalue weighted by Gasteiger charge is 2.32. The molecule has 114 valence electrons. The number of methoxy groups -OCH3 is 1. The van der Waals surface area contributed by atoms with Crippen molar-refractivity contribution in [2.24, 2.45) is 0 Å². The van der Waals surface area contributed by atoms with Gasteiger partial charge in [-0.3, -0.25) is 0 Å². The van der Waals surface area contributed by atoms with Gasteiger partial charge in [-0.05, 0) is 39.7 Å². The van der Waals surface area contributed by atoms with Crippen molar-refractivity contribution < 1.29 is 9.47 Å². The molecule has 1 aliphatic carbocycles. The van der Waals surface area contributed by atoms with Gasteiger partial charge < -0.3 is 14.8 Å². The molecule has 3 nitrogen and oxygen atoms in total. The number of likely N-dealkylation sites (N-methyl/N-ethyl adjacent to an activating group) is 1. The van der Waals surface area contributed by atoms with Crippen molar-refractivity contribution in [1.29, 1.82) is 0 Å². The lowest BCUT2D eigenvalue weighted by molar-refractivity contribution is -0.0810. The number of hydrogen-bond acceptors (Lipinski definition) is 3. The van der Waals surface area contributed by atoms with Gasteiger partial charge in [0, 0.05) is 13.7 Å². The predicted molar refractivity (Wildman–Crippen MR) is 80.6 cm³/mol. The monoisotopic (exact) mass is 271 g/mol. The lowest BCUT2D eigenvalue weighted by atomic mass is 9.93. The summed E-state index contributed by atoms with van der Waals surface area (Å²) >= 11 is 0. The molecule has 0 unspecified atom stereocenters. The molecular weight excluding hydrogens is 238 g/mol. The van der Waals surface area contributed by atoms with Crippen molar-refractivity contribution in [3.05, 3.63) is 0 Å². The molecule has 1 aliphatic rings. The molecule has 0 bridgehead atoms. The Morgan fingerprint density at radius 3 is 2.26 bits per heavy atom. The van der Waals surface area contributed by atoms with Gasteiger partial charge in [0.2, 0.25) is 0 Å². The van der Waals surface area contributed by atoms with Crippen LogP contribution < -0.4 is 5.32 Å². The van der Waals surface area contributed by atoms with Gasteiger partial charge in [-0.25, -0.2) is 0 Å². The van der Waals surface area contributed by atoms with Gasteiger partial charge in [0.1, 0.15) is 0 Å². The second-order valence-electron chi connectivity index (χ2n) is 6.44. The summed E-state index contributed by atoms with van der Waals surface area (Å²) in [6.07, 6.45) is 8.69. The summed E-state index contributed by atoms with van der Waals surface area (Å²) in [6, 6.07) is 0. The van der Waals surface area contributed by atoms with E-state index in [9.17, 15) is 0 Å². The third kappa shape index (κ3) is 6.24. The van der Waals surface area contributed by atoms with Crippen molar-refractivity contribution in [3.8, 4) is 0 Å². The molecule has 0 spiro atoms. The van der Waals surface area contributed by atoms with E-state index in [-0.39, 0.29) is 11.2 Å². The third-order valence-corrected chi connectivity index (χ3v) is 4.38. The molecule has 0 atom stereocenters. The number of hydrogen-bond donors (Lipinski definition) is 1. The minimum Gasteiger partial charge on any atom is -0.379 e. The Bertz CT molecular complexity index is 233. The van der Waals surface area contributed by atoms with Crippen LogP contribution in [0.15, 0.2) is 0 Å². The maximum atomic E-state index is 6.35. The second kappa shape index (κ2) is 8.23. The Balaban J connectivity index is 2.48. The molecular formula is C16H33NO2. The molecule has 1 saturated carbocycles. The molecule has 0 radical (unpaired) electrons. The second-order valence-corrected chi connectivity index (χ2v) is 6.44. The first-order chi connectivity index (χ1) is 9.04. The van der Waals surface area contributed by atoms with Crippen LogP contribution >= 0.6 is 0 Å². The molecule has 0 aliphatic heterocycles. The zero-order chi connectivity index (χ0) is 14.2. The largest absolute Gasteiger partial charge is 0.379 e. The summed E-state index contributed by atoms with van der Waals surface area (Å²) in [5.74, 6) is 0. The summed E-state index contributed by atoms with van der Waals surface area (Å²) in [4.78, 5) is 0. The fourth-order valence-corrected chi connectivity index (χ4v) is 2.71. The van der Waals surface area contributed by atoms with Crippen molar-refractivity contribution in [3.63, 3.8) is 0 Å². The molecule has 1 fully saturated rings. The summed E-state index contributed by atoms with van der Waals surface area (Å²) < 4.78 is 11.8. The zero-order valence-corrected chi connectivity index (χ0v) is 13.4. The van der Waals surface area contributed by atoms with E-state index in [1.54, 1.807) is 7.11 Å². The van der Waals surface area contributed by atoms with Gasteiger partial charge in [-0.15, -0.1) is 0 Å². The van der Waals surface area contributed by atoms with Crippen molar-refractivity contribution in [1.82, 2.24) is 5.32 Å². The molecule has 19 heavy (non-hydrogen) atoms. The average molecular weight is 271 g/mol. The fourth-order valence-electron chi connectivity index (χ4n) is 2.71. The van der Waals surface area contributed by atoms with E-state index in [2.05, 4.69) is 26.1 Å². The van der Waals surface area contributed by atoms with Crippen LogP contribution in [0.2, 0.25) is 0 Å². The molecule has 0 heterocycles. The van der Waals surface area contributed by atoms with E-state index >= 15 is 0 Å². The summed E-state index contributed by atoms with van der Waals surface area (Å²) in [5.41, 5.74) is -0.0135. The standard InChI is InChI=1S/C16H33NO2/c1-5-17-14-16(10-8-6-7-9-11-16)19-13-12-15(2,3)18-4/h17H,5-14H2,1-4H3. The van der Waals surface area contributed by atoms with E-state index in [0.29, 0.717) is 0 Å². The molecule has 0 aromatic heterocycles. The lowest BCUT2D eigenvalue weighted by Crippen LogP contribution is -2.43. The van der Waals surface area contributed by atoms with Gasteiger partial charge in [0.25, 0.3) is 0 Å². The Hall–Kier alpha value is -0.120. The number of nitrogens with one attached hydrogen (secondary N) is 1. The Kier molecular flexibility index (Phi) is 7.33. The highest BCUT2D eigenvalue weighted by Crippen LogP contribution is 2.31. The Morgan fingerprint density at radius 2 is 1.74 bits per heavy atom. The lowest BCUT2D eigenvalue weighted by Gasteiger charge is -2.35. The summed E-state index contributed by atoms with van der Waals surface area (Å²) in [5, 5.41) is 3.49. The van der Waals surface area contributed by atoms with E-state index in [0.717, 1.165) is 26.1 Å². The molecule has 0 aromatic rings. The van der Waals surface area contributed by atoms with Crippen LogP contribution in [0.5, 0.6) is 0 Å². The van der Waals surface area contributed by atoms with Crippen molar-refractivity contribution in [2.75, 3.05) is 26.8 Å². The van der Waals surface area contributed by atoms with Crippen LogP contribution in [-0.4, -0.2) is 38.0 Å². The van der Waals surface area contributed by atoms with Gasteiger partial charge >= 0.3 is 0 Å². The van der Waals surface area contributed by atoms with Crippen LogP contribution in [0.4, 0.5) is 0 Å². The first-order valence-electron chi connectivity index (χ1n) is 7.93. The predicted octanol–water partition coefficient (Wildman–Crippen LogP) is 3.52. The van der Waals surface area contributed by atoms with E-state index in [1.165, 1.54) is 38.5 Å². The molecule has 0 aromatic carbocycles. The fraction of sp³-hybridized carbons (Fsp3) is 1.00. The van der Waals surface area contributed by atoms with Crippen molar-refractivity contribution >= 4 is 0 Å². The molecule has 0 amide bonds. The summed E-state index contributed by atoms with van der Waals surface area (Å²) in [6.45, 7) is 9.23. The topological polar surface area (TPSA) is 30.5 Å². The SMILES string of the molecule is CCNCC1(OCCC(C)(C)OC)CCCCCC1. The van der Waals surface area contributed by atoms with Crippen LogP contribution in [0.25, 0.3) is 0 Å². The quantitative estimate of drug-likeness (QED) is 0.685. The smallest absolute Gasteiger partial charge is 0.0806 e. The van der Waals surface area contributed by atoms with E-state index in [1.807, 2.05) is 0 Å². The Labute approximate surface area is 119 Å². The average Bonchev–Trinajstić information content (AvgIpc) is 2.62. The minimum atomic E-state index is -0.0793. The Morgan fingerprint density at radius 1 is 1.11 bits per heavy atom. The third-order valence-electron chi connectivity index (χ3n) is 4.38. The highest BCUT2D eigenvalue weighted by atomic mass is 16.5. The first-order valence-corrected chi connectivity index (χ1v) is 7.93. The number of ether oxygens (including phenoxy) is 2. The van der Waals surface area contributed by atoms with Crippen molar-refractivity contribution in [2.45, 2.75) is 76.9 Å². The minimum absolute atomic E-state index is 0.0658. The summed E-state index contributed by atoms with van der Waals surface area (Å²) in [7, 11) is 1.78. The molecule has 0 saturated heterocycles.